The number of benzene rings is 2. The summed E-state index contributed by atoms with van der Waals surface area (Å²) in [6.45, 7) is 3.81. The first-order valence-electron chi connectivity index (χ1n) is 9.32. The van der Waals surface area contributed by atoms with Crippen molar-refractivity contribution in [2.45, 2.75) is 38.0 Å². The molecule has 3 aromatic rings. The summed E-state index contributed by atoms with van der Waals surface area (Å²) in [6, 6.07) is 11.4. The second-order valence-corrected chi connectivity index (χ2v) is 9.89. The van der Waals surface area contributed by atoms with Crippen LogP contribution >= 0.6 is 11.3 Å². The van der Waals surface area contributed by atoms with Crippen LogP contribution in [0.3, 0.4) is 0 Å². The predicted octanol–water partition coefficient (Wildman–Crippen LogP) is 4.30. The second-order valence-electron chi connectivity index (χ2n) is 7.13. The Labute approximate surface area is 174 Å². The van der Waals surface area contributed by atoms with E-state index in [1.165, 1.54) is 16.2 Å². The van der Waals surface area contributed by atoms with Crippen LogP contribution in [0.1, 0.15) is 38.5 Å². The van der Waals surface area contributed by atoms with E-state index in [0.29, 0.717) is 16.4 Å². The number of thiazole rings is 1. The molecule has 1 aliphatic rings. The van der Waals surface area contributed by atoms with Crippen molar-refractivity contribution in [3.05, 3.63) is 69.7 Å². The van der Waals surface area contributed by atoms with Gasteiger partial charge < -0.3 is 0 Å². The standard InChI is InChI=1S/C21H21N3O3S2/c1-13-6-11-17(12-14(13)2)29(26,27)24-16-9-7-15(8-10-16)20(25)23-21-22-18-4-3-5-19(18)28-21/h6-12,24H,3-5H2,1-2H3,(H,22,23,25). The zero-order chi connectivity index (χ0) is 20.6. The van der Waals surface area contributed by atoms with Gasteiger partial charge in [0, 0.05) is 16.1 Å². The van der Waals surface area contributed by atoms with Crippen molar-refractivity contribution in [2.75, 3.05) is 10.0 Å². The quantitative estimate of drug-likeness (QED) is 0.635. The number of aromatic nitrogens is 1. The molecule has 29 heavy (non-hydrogen) atoms. The van der Waals surface area contributed by atoms with Crippen LogP contribution in [0.2, 0.25) is 0 Å². The van der Waals surface area contributed by atoms with E-state index in [2.05, 4.69) is 15.0 Å². The molecule has 1 aromatic heterocycles. The Morgan fingerprint density at radius 2 is 1.79 bits per heavy atom. The zero-order valence-electron chi connectivity index (χ0n) is 16.2. The van der Waals surface area contributed by atoms with Crippen molar-refractivity contribution in [3.8, 4) is 0 Å². The number of carbonyl (C=O) groups is 1. The van der Waals surface area contributed by atoms with Crippen molar-refractivity contribution < 1.29 is 13.2 Å². The number of aryl methyl sites for hydroxylation is 4. The maximum absolute atomic E-state index is 12.6. The first-order valence-corrected chi connectivity index (χ1v) is 11.6. The van der Waals surface area contributed by atoms with Crippen LogP contribution in [0, 0.1) is 13.8 Å². The lowest BCUT2D eigenvalue weighted by Crippen LogP contribution is -2.14. The van der Waals surface area contributed by atoms with Gasteiger partial charge in [-0.25, -0.2) is 13.4 Å². The molecule has 6 nitrogen and oxygen atoms in total. The second kappa shape index (κ2) is 7.61. The minimum atomic E-state index is -3.69. The number of hydrogen-bond donors (Lipinski definition) is 2. The van der Waals surface area contributed by atoms with Crippen molar-refractivity contribution in [1.82, 2.24) is 4.98 Å². The molecule has 1 aliphatic carbocycles. The largest absolute Gasteiger partial charge is 0.298 e. The van der Waals surface area contributed by atoms with Crippen molar-refractivity contribution in [1.29, 1.82) is 0 Å². The average molecular weight is 428 g/mol. The van der Waals surface area contributed by atoms with E-state index in [1.807, 2.05) is 13.8 Å². The molecule has 2 N–H and O–H groups in total. The molecule has 4 rings (SSSR count). The third-order valence-corrected chi connectivity index (χ3v) is 7.46. The molecule has 8 heteroatoms. The molecular weight excluding hydrogens is 406 g/mol. The summed E-state index contributed by atoms with van der Waals surface area (Å²) >= 11 is 1.52. The number of sulfonamides is 1. The van der Waals surface area contributed by atoms with Gasteiger partial charge in [-0.1, -0.05) is 6.07 Å². The number of rotatable bonds is 5. The Kier molecular flexibility index (Phi) is 5.14. The van der Waals surface area contributed by atoms with Crippen LogP contribution in [0.4, 0.5) is 10.8 Å². The highest BCUT2D eigenvalue weighted by atomic mass is 32.2. The summed E-state index contributed by atoms with van der Waals surface area (Å²) in [7, 11) is -3.69. The first-order chi connectivity index (χ1) is 13.8. The lowest BCUT2D eigenvalue weighted by Gasteiger charge is -2.10. The van der Waals surface area contributed by atoms with Crippen LogP contribution in [-0.4, -0.2) is 19.3 Å². The van der Waals surface area contributed by atoms with Crippen LogP contribution in [-0.2, 0) is 22.9 Å². The summed E-state index contributed by atoms with van der Waals surface area (Å²) < 4.78 is 27.7. The van der Waals surface area contributed by atoms with Gasteiger partial charge in [0.1, 0.15) is 0 Å². The lowest BCUT2D eigenvalue weighted by molar-refractivity contribution is 0.102. The maximum Gasteiger partial charge on any atom is 0.261 e. The van der Waals surface area contributed by atoms with Gasteiger partial charge in [0.25, 0.3) is 15.9 Å². The number of fused-ring (bicyclic) bond motifs is 1. The highest BCUT2D eigenvalue weighted by molar-refractivity contribution is 7.92. The molecule has 2 aromatic carbocycles. The number of amides is 1. The van der Waals surface area contributed by atoms with Crippen LogP contribution in [0.15, 0.2) is 47.4 Å². The third-order valence-electron chi connectivity index (χ3n) is 5.00. The van der Waals surface area contributed by atoms with E-state index in [-0.39, 0.29) is 10.8 Å². The van der Waals surface area contributed by atoms with Gasteiger partial charge in [-0.2, -0.15) is 0 Å². The minimum absolute atomic E-state index is 0.208. The van der Waals surface area contributed by atoms with E-state index in [0.717, 1.165) is 36.1 Å². The fourth-order valence-corrected chi connectivity index (χ4v) is 5.39. The molecule has 150 valence electrons. The summed E-state index contributed by atoms with van der Waals surface area (Å²) in [5.41, 5.74) is 3.86. The minimum Gasteiger partial charge on any atom is -0.298 e. The molecule has 0 fully saturated rings. The molecule has 1 heterocycles. The van der Waals surface area contributed by atoms with Crippen molar-refractivity contribution in [3.63, 3.8) is 0 Å². The van der Waals surface area contributed by atoms with E-state index < -0.39 is 10.0 Å². The normalized spacial score (nSPS) is 13.2. The molecule has 0 aliphatic heterocycles. The molecule has 0 saturated carbocycles. The summed E-state index contributed by atoms with van der Waals surface area (Å²) in [6.07, 6.45) is 3.12. The third kappa shape index (κ3) is 4.18. The van der Waals surface area contributed by atoms with Gasteiger partial charge in [-0.05, 0) is 80.6 Å². The summed E-state index contributed by atoms with van der Waals surface area (Å²) in [5.74, 6) is -0.263. The monoisotopic (exact) mass is 427 g/mol. The Bertz CT molecular complexity index is 1160. The Morgan fingerprint density at radius 3 is 2.48 bits per heavy atom. The van der Waals surface area contributed by atoms with Crippen LogP contribution in [0.25, 0.3) is 0 Å². The van der Waals surface area contributed by atoms with Gasteiger partial charge in [-0.3, -0.25) is 14.8 Å². The van der Waals surface area contributed by atoms with Gasteiger partial charge in [-0.15, -0.1) is 11.3 Å². The lowest BCUT2D eigenvalue weighted by atomic mass is 10.1. The summed E-state index contributed by atoms with van der Waals surface area (Å²) in [4.78, 5) is 18.4. The van der Waals surface area contributed by atoms with Crippen molar-refractivity contribution >= 4 is 38.1 Å². The van der Waals surface area contributed by atoms with Gasteiger partial charge in [0.2, 0.25) is 0 Å². The summed E-state index contributed by atoms with van der Waals surface area (Å²) in [5, 5.41) is 3.43. The van der Waals surface area contributed by atoms with Gasteiger partial charge >= 0.3 is 0 Å². The molecule has 1 amide bonds. The Hall–Kier alpha value is -2.71. The zero-order valence-corrected chi connectivity index (χ0v) is 17.8. The highest BCUT2D eigenvalue weighted by Gasteiger charge is 2.19. The predicted molar refractivity (Wildman–Crippen MR) is 115 cm³/mol. The molecule has 0 radical (unpaired) electrons. The highest BCUT2D eigenvalue weighted by Crippen LogP contribution is 2.30. The van der Waals surface area contributed by atoms with Crippen LogP contribution in [0.5, 0.6) is 0 Å². The maximum atomic E-state index is 12.6. The fourth-order valence-electron chi connectivity index (χ4n) is 3.20. The van der Waals surface area contributed by atoms with Gasteiger partial charge in [0.05, 0.1) is 10.6 Å². The van der Waals surface area contributed by atoms with E-state index in [1.54, 1.807) is 42.5 Å². The average Bonchev–Trinajstić information content (AvgIpc) is 3.25. The Balaban J connectivity index is 1.45. The molecule has 0 bridgehead atoms. The first kappa shape index (κ1) is 19.6. The van der Waals surface area contributed by atoms with Gasteiger partial charge in [0.15, 0.2) is 5.13 Å². The fraction of sp³-hybridized carbons (Fsp3) is 0.238. The molecule has 0 unspecified atom stereocenters. The topological polar surface area (TPSA) is 88.2 Å². The smallest absolute Gasteiger partial charge is 0.261 e. The molecule has 0 spiro atoms. The SMILES string of the molecule is Cc1ccc(S(=O)(=O)Nc2ccc(C(=O)Nc3nc4c(s3)CCC4)cc2)cc1C. The number of nitrogens with zero attached hydrogens (tertiary/aromatic N) is 1. The number of hydrogen-bond acceptors (Lipinski definition) is 5. The number of nitrogens with one attached hydrogen (secondary N) is 2. The molecular formula is C21H21N3O3S2. The number of carbonyl (C=O) groups excluding carboxylic acids is 1. The van der Waals surface area contributed by atoms with Crippen molar-refractivity contribution in [2.24, 2.45) is 0 Å². The molecule has 0 atom stereocenters. The van der Waals surface area contributed by atoms with E-state index in [9.17, 15) is 13.2 Å². The number of anilines is 2. The van der Waals surface area contributed by atoms with E-state index >= 15 is 0 Å². The van der Waals surface area contributed by atoms with E-state index in [4.69, 9.17) is 0 Å². The van der Waals surface area contributed by atoms with Crippen LogP contribution < -0.4 is 10.0 Å². The molecule has 0 saturated heterocycles. The Morgan fingerprint density at radius 1 is 1.03 bits per heavy atom.